The molecule has 1 atom stereocenters. The quantitative estimate of drug-likeness (QED) is 0.922. The van der Waals surface area contributed by atoms with E-state index in [9.17, 15) is 18.0 Å². The fourth-order valence-electron chi connectivity index (χ4n) is 2.34. The maximum absolute atomic E-state index is 12.7. The highest BCUT2D eigenvalue weighted by Crippen LogP contribution is 2.39. The molecule has 0 spiro atoms. The fourth-order valence-corrected chi connectivity index (χ4v) is 2.34. The first-order valence-electron chi connectivity index (χ1n) is 6.41. The third-order valence-electron chi connectivity index (χ3n) is 3.38. The Labute approximate surface area is 123 Å². The van der Waals surface area contributed by atoms with Crippen molar-refractivity contribution in [2.45, 2.75) is 18.7 Å². The lowest BCUT2D eigenvalue weighted by Crippen LogP contribution is -2.09. The number of rotatable bonds is 2. The molecule has 2 aromatic rings. The molecule has 0 radical (unpaired) electrons. The van der Waals surface area contributed by atoms with E-state index in [-0.39, 0.29) is 12.1 Å². The van der Waals surface area contributed by atoms with Gasteiger partial charge in [0.25, 0.3) is 0 Å². The van der Waals surface area contributed by atoms with E-state index in [1.54, 1.807) is 6.07 Å². The number of halogens is 3. The number of aromatic carboxylic acids is 1. The lowest BCUT2D eigenvalue weighted by Gasteiger charge is -2.10. The Bertz CT molecular complexity index is 743. The number of benzene rings is 1. The van der Waals surface area contributed by atoms with Gasteiger partial charge in [-0.25, -0.2) is 9.78 Å². The van der Waals surface area contributed by atoms with Crippen molar-refractivity contribution in [1.82, 2.24) is 4.98 Å². The van der Waals surface area contributed by atoms with Gasteiger partial charge in [-0.1, -0.05) is 6.07 Å². The SMILES string of the molecule is O=C(O)c1cccc(C2Cc3cc(C(F)(F)F)ccc3O2)n1. The predicted octanol–water partition coefficient (Wildman–Crippen LogP) is 3.47. The average molecular weight is 309 g/mol. The highest BCUT2D eigenvalue weighted by molar-refractivity contribution is 5.85. The predicted molar refractivity (Wildman–Crippen MR) is 69.7 cm³/mol. The van der Waals surface area contributed by atoms with Crippen molar-refractivity contribution in [2.75, 3.05) is 0 Å². The summed E-state index contributed by atoms with van der Waals surface area (Å²) in [5.41, 5.74) is -0.0530. The van der Waals surface area contributed by atoms with Gasteiger partial charge < -0.3 is 9.84 Å². The highest BCUT2D eigenvalue weighted by Gasteiger charge is 2.33. The van der Waals surface area contributed by atoms with Crippen LogP contribution in [0.25, 0.3) is 0 Å². The number of carboxylic acids is 1. The molecule has 1 N–H and O–H groups in total. The minimum atomic E-state index is -4.41. The zero-order valence-electron chi connectivity index (χ0n) is 11.1. The Hall–Kier alpha value is -2.57. The minimum absolute atomic E-state index is 0.131. The van der Waals surface area contributed by atoms with Gasteiger partial charge in [-0.15, -0.1) is 0 Å². The van der Waals surface area contributed by atoms with Crippen molar-refractivity contribution in [3.63, 3.8) is 0 Å². The van der Waals surface area contributed by atoms with Crippen LogP contribution in [0.4, 0.5) is 13.2 Å². The summed E-state index contributed by atoms with van der Waals surface area (Å²) in [6, 6.07) is 7.75. The molecule has 0 bridgehead atoms. The van der Waals surface area contributed by atoms with Crippen LogP contribution in [-0.4, -0.2) is 16.1 Å². The third kappa shape index (κ3) is 2.61. The summed E-state index contributed by atoms with van der Waals surface area (Å²) in [7, 11) is 0. The van der Waals surface area contributed by atoms with E-state index >= 15 is 0 Å². The molecular formula is C15H10F3NO3. The number of fused-ring (bicyclic) bond motifs is 1. The van der Waals surface area contributed by atoms with Crippen LogP contribution in [0.2, 0.25) is 0 Å². The highest BCUT2D eigenvalue weighted by atomic mass is 19.4. The summed E-state index contributed by atoms with van der Waals surface area (Å²) in [5, 5.41) is 8.92. The zero-order chi connectivity index (χ0) is 15.9. The van der Waals surface area contributed by atoms with E-state index < -0.39 is 23.8 Å². The molecule has 1 aliphatic rings. The topological polar surface area (TPSA) is 59.4 Å². The Morgan fingerprint density at radius 2 is 2.05 bits per heavy atom. The summed E-state index contributed by atoms with van der Waals surface area (Å²) in [4.78, 5) is 14.9. The summed E-state index contributed by atoms with van der Waals surface area (Å²) in [5.74, 6) is -0.808. The second kappa shape index (κ2) is 5.01. The molecule has 1 aromatic carbocycles. The second-order valence-electron chi connectivity index (χ2n) is 4.88. The molecule has 0 aliphatic carbocycles. The number of alkyl halides is 3. The van der Waals surface area contributed by atoms with Gasteiger partial charge in [0.05, 0.1) is 11.3 Å². The van der Waals surface area contributed by atoms with Gasteiger partial charge in [0.2, 0.25) is 0 Å². The van der Waals surface area contributed by atoms with Gasteiger partial charge in [0, 0.05) is 6.42 Å². The van der Waals surface area contributed by atoms with Crippen LogP contribution in [0.15, 0.2) is 36.4 Å². The molecule has 7 heteroatoms. The van der Waals surface area contributed by atoms with Gasteiger partial charge in [0.15, 0.2) is 0 Å². The second-order valence-corrected chi connectivity index (χ2v) is 4.88. The molecule has 0 saturated heterocycles. The molecule has 0 saturated carbocycles. The van der Waals surface area contributed by atoms with Crippen LogP contribution in [0, 0.1) is 0 Å². The maximum atomic E-state index is 12.7. The maximum Gasteiger partial charge on any atom is 0.416 e. The number of carboxylic acid groups (broad SMARTS) is 1. The van der Waals surface area contributed by atoms with Crippen LogP contribution >= 0.6 is 0 Å². The first-order valence-corrected chi connectivity index (χ1v) is 6.41. The van der Waals surface area contributed by atoms with E-state index in [0.29, 0.717) is 17.0 Å². The van der Waals surface area contributed by atoms with E-state index in [1.807, 2.05) is 0 Å². The number of carbonyl (C=O) groups is 1. The average Bonchev–Trinajstić information content (AvgIpc) is 2.89. The lowest BCUT2D eigenvalue weighted by atomic mass is 10.0. The Morgan fingerprint density at radius 3 is 2.73 bits per heavy atom. The number of nitrogens with zero attached hydrogens (tertiary/aromatic N) is 1. The van der Waals surface area contributed by atoms with Gasteiger partial charge in [0.1, 0.15) is 17.5 Å². The van der Waals surface area contributed by atoms with Crippen molar-refractivity contribution in [2.24, 2.45) is 0 Å². The monoisotopic (exact) mass is 309 g/mol. The van der Waals surface area contributed by atoms with Crippen LogP contribution in [0.5, 0.6) is 5.75 Å². The summed E-state index contributed by atoms with van der Waals surface area (Å²) in [6.45, 7) is 0. The molecular weight excluding hydrogens is 299 g/mol. The van der Waals surface area contributed by atoms with Crippen molar-refractivity contribution in [3.05, 3.63) is 58.9 Å². The zero-order valence-corrected chi connectivity index (χ0v) is 11.1. The Kier molecular flexibility index (Phi) is 3.27. The smallest absolute Gasteiger partial charge is 0.416 e. The van der Waals surface area contributed by atoms with E-state index in [1.165, 1.54) is 18.2 Å². The molecule has 1 aromatic heterocycles. The molecule has 2 heterocycles. The Balaban J connectivity index is 1.88. The first kappa shape index (κ1) is 14.4. The van der Waals surface area contributed by atoms with Gasteiger partial charge in [-0.2, -0.15) is 13.2 Å². The molecule has 1 aliphatic heterocycles. The van der Waals surface area contributed by atoms with Crippen molar-refractivity contribution in [3.8, 4) is 5.75 Å². The van der Waals surface area contributed by atoms with Crippen LogP contribution < -0.4 is 4.74 Å². The number of hydrogen-bond donors (Lipinski definition) is 1. The van der Waals surface area contributed by atoms with Crippen LogP contribution in [-0.2, 0) is 12.6 Å². The normalized spacial score (nSPS) is 17.0. The number of hydrogen-bond acceptors (Lipinski definition) is 3. The Morgan fingerprint density at radius 1 is 1.27 bits per heavy atom. The summed E-state index contributed by atoms with van der Waals surface area (Å²) in [6.07, 6.45) is -4.78. The van der Waals surface area contributed by atoms with Crippen molar-refractivity contribution in [1.29, 1.82) is 0 Å². The minimum Gasteiger partial charge on any atom is -0.483 e. The first-order chi connectivity index (χ1) is 10.3. The summed E-state index contributed by atoms with van der Waals surface area (Å²) < 4.78 is 43.7. The molecule has 22 heavy (non-hydrogen) atoms. The molecule has 0 fully saturated rings. The van der Waals surface area contributed by atoms with Gasteiger partial charge in [-0.3, -0.25) is 0 Å². The molecule has 1 unspecified atom stereocenters. The third-order valence-corrected chi connectivity index (χ3v) is 3.38. The van der Waals surface area contributed by atoms with E-state index in [2.05, 4.69) is 4.98 Å². The summed E-state index contributed by atoms with van der Waals surface area (Å²) >= 11 is 0. The number of pyridine rings is 1. The molecule has 0 amide bonds. The lowest BCUT2D eigenvalue weighted by molar-refractivity contribution is -0.137. The van der Waals surface area contributed by atoms with Gasteiger partial charge >= 0.3 is 12.1 Å². The van der Waals surface area contributed by atoms with E-state index in [0.717, 1.165) is 12.1 Å². The van der Waals surface area contributed by atoms with Crippen LogP contribution in [0.1, 0.15) is 33.4 Å². The van der Waals surface area contributed by atoms with Crippen LogP contribution in [0.3, 0.4) is 0 Å². The molecule has 3 rings (SSSR count). The standard InChI is InChI=1S/C15H10F3NO3/c16-15(17,18)9-4-5-12-8(6-9)7-13(22-12)10-2-1-3-11(19-10)14(20)21/h1-6,13H,7H2,(H,20,21). The fraction of sp³-hybridized carbons (Fsp3) is 0.200. The van der Waals surface area contributed by atoms with Gasteiger partial charge in [-0.05, 0) is 35.9 Å². The number of aromatic nitrogens is 1. The van der Waals surface area contributed by atoms with Crippen molar-refractivity contribution < 1.29 is 27.8 Å². The number of ether oxygens (including phenoxy) is 1. The van der Waals surface area contributed by atoms with E-state index in [4.69, 9.17) is 9.84 Å². The largest absolute Gasteiger partial charge is 0.483 e. The molecule has 114 valence electrons. The van der Waals surface area contributed by atoms with Crippen molar-refractivity contribution >= 4 is 5.97 Å². The molecule has 4 nitrogen and oxygen atoms in total.